The summed E-state index contributed by atoms with van der Waals surface area (Å²) in [6.07, 6.45) is 3.70. The predicted octanol–water partition coefficient (Wildman–Crippen LogP) is 4.59. The van der Waals surface area contributed by atoms with Gasteiger partial charge in [-0.3, -0.25) is 0 Å². The summed E-state index contributed by atoms with van der Waals surface area (Å²) in [5.41, 5.74) is 11.8. The molecule has 0 amide bonds. The molecule has 0 aromatic heterocycles. The third-order valence-electron chi connectivity index (χ3n) is 3.77. The van der Waals surface area contributed by atoms with Crippen molar-refractivity contribution in [3.05, 3.63) is 66.7 Å². The molecule has 3 rings (SSSR count). The van der Waals surface area contributed by atoms with Crippen LogP contribution in [0.15, 0.2) is 40.9 Å². The summed E-state index contributed by atoms with van der Waals surface area (Å²) in [7, 11) is 0. The molecule has 0 aliphatic heterocycles. The molecule has 0 radical (unpaired) electrons. The molecule has 0 heterocycles. The van der Waals surface area contributed by atoms with Crippen LogP contribution in [0.1, 0.15) is 34.7 Å². The van der Waals surface area contributed by atoms with E-state index in [4.69, 9.17) is 5.73 Å². The van der Waals surface area contributed by atoms with Crippen molar-refractivity contribution in [1.29, 1.82) is 0 Å². The van der Waals surface area contributed by atoms with Crippen molar-refractivity contribution >= 4 is 38.5 Å². The minimum Gasteiger partial charge on any atom is -0.320 e. The number of rotatable bonds is 2. The summed E-state index contributed by atoms with van der Waals surface area (Å²) in [6, 6.07) is 13.0. The van der Waals surface area contributed by atoms with E-state index in [1.165, 1.54) is 39.5 Å². The fourth-order valence-electron chi connectivity index (χ4n) is 2.72. The molecular formula is C16H15BrIN. The van der Waals surface area contributed by atoms with Crippen LogP contribution in [0.3, 0.4) is 0 Å². The Hall–Kier alpha value is -0.390. The summed E-state index contributed by atoms with van der Waals surface area (Å²) in [4.78, 5) is 0. The van der Waals surface area contributed by atoms with E-state index in [0.29, 0.717) is 0 Å². The molecule has 1 atom stereocenters. The maximum absolute atomic E-state index is 6.45. The highest BCUT2D eigenvalue weighted by Crippen LogP contribution is 2.31. The maximum Gasteiger partial charge on any atom is 0.0563 e. The second-order valence-electron chi connectivity index (χ2n) is 5.03. The Morgan fingerprint density at radius 3 is 2.68 bits per heavy atom. The molecule has 0 fully saturated rings. The predicted molar refractivity (Wildman–Crippen MR) is 91.4 cm³/mol. The first kappa shape index (κ1) is 13.6. The van der Waals surface area contributed by atoms with Gasteiger partial charge in [-0.2, -0.15) is 0 Å². The van der Waals surface area contributed by atoms with E-state index in [0.717, 1.165) is 10.0 Å². The molecular weight excluding hydrogens is 413 g/mol. The highest BCUT2D eigenvalue weighted by Gasteiger charge is 2.16. The van der Waals surface area contributed by atoms with Crippen LogP contribution >= 0.6 is 38.5 Å². The van der Waals surface area contributed by atoms with Gasteiger partial charge >= 0.3 is 0 Å². The fourth-order valence-corrected chi connectivity index (χ4v) is 3.73. The lowest BCUT2D eigenvalue weighted by Gasteiger charge is -2.16. The molecule has 2 aromatic rings. The molecule has 2 N–H and O–H groups in total. The highest BCUT2D eigenvalue weighted by atomic mass is 127. The number of nitrogens with two attached hydrogens (primary N) is 1. The van der Waals surface area contributed by atoms with E-state index in [1.54, 1.807) is 0 Å². The number of fused-ring (bicyclic) bond motifs is 1. The minimum absolute atomic E-state index is 0.0602. The quantitative estimate of drug-likeness (QED) is 0.697. The van der Waals surface area contributed by atoms with Crippen LogP contribution in [0.4, 0.5) is 0 Å². The zero-order chi connectivity index (χ0) is 13.4. The minimum atomic E-state index is -0.0602. The lowest BCUT2D eigenvalue weighted by atomic mass is 9.96. The number of benzene rings is 2. The molecule has 0 spiro atoms. The molecule has 0 bridgehead atoms. The van der Waals surface area contributed by atoms with Gasteiger partial charge in [0.2, 0.25) is 0 Å². The normalized spacial score (nSPS) is 15.3. The Kier molecular flexibility index (Phi) is 3.96. The molecule has 1 unspecified atom stereocenters. The number of hydrogen-bond acceptors (Lipinski definition) is 1. The van der Waals surface area contributed by atoms with Crippen molar-refractivity contribution in [2.45, 2.75) is 25.3 Å². The summed E-state index contributed by atoms with van der Waals surface area (Å²) in [6.45, 7) is 0. The van der Waals surface area contributed by atoms with Crippen LogP contribution in [-0.2, 0) is 12.8 Å². The van der Waals surface area contributed by atoms with Gasteiger partial charge in [-0.05, 0) is 82.3 Å². The van der Waals surface area contributed by atoms with Crippen molar-refractivity contribution < 1.29 is 0 Å². The second kappa shape index (κ2) is 5.54. The largest absolute Gasteiger partial charge is 0.320 e. The first-order chi connectivity index (χ1) is 9.15. The van der Waals surface area contributed by atoms with Crippen molar-refractivity contribution in [2.24, 2.45) is 5.73 Å². The standard InChI is InChI=1S/C16H15BrIN/c17-15-7-6-13(18)9-14(15)16(19)12-5-4-10-2-1-3-11(10)8-12/h4-9,16H,1-3,19H2. The zero-order valence-corrected chi connectivity index (χ0v) is 14.2. The lowest BCUT2D eigenvalue weighted by Crippen LogP contribution is -2.13. The molecule has 1 aliphatic carbocycles. The van der Waals surface area contributed by atoms with Gasteiger partial charge in [0.25, 0.3) is 0 Å². The van der Waals surface area contributed by atoms with Gasteiger partial charge in [0.05, 0.1) is 6.04 Å². The van der Waals surface area contributed by atoms with Gasteiger partial charge in [-0.25, -0.2) is 0 Å². The molecule has 19 heavy (non-hydrogen) atoms. The maximum atomic E-state index is 6.45. The first-order valence-corrected chi connectivity index (χ1v) is 8.34. The second-order valence-corrected chi connectivity index (χ2v) is 7.13. The van der Waals surface area contributed by atoms with Gasteiger partial charge in [-0.1, -0.05) is 34.1 Å². The van der Waals surface area contributed by atoms with Crippen LogP contribution < -0.4 is 5.73 Å². The Balaban J connectivity index is 1.99. The van der Waals surface area contributed by atoms with Crippen LogP contribution in [0.5, 0.6) is 0 Å². The molecule has 2 aromatic carbocycles. The van der Waals surface area contributed by atoms with E-state index >= 15 is 0 Å². The number of hydrogen-bond donors (Lipinski definition) is 1. The van der Waals surface area contributed by atoms with Crippen LogP contribution in [0, 0.1) is 3.57 Å². The zero-order valence-electron chi connectivity index (χ0n) is 10.5. The van der Waals surface area contributed by atoms with Crippen LogP contribution in [0.25, 0.3) is 0 Å². The molecule has 1 aliphatic rings. The third kappa shape index (κ3) is 2.73. The van der Waals surface area contributed by atoms with Crippen LogP contribution in [0.2, 0.25) is 0 Å². The number of halogens is 2. The molecule has 3 heteroatoms. The Morgan fingerprint density at radius 2 is 1.84 bits per heavy atom. The summed E-state index contributed by atoms with van der Waals surface area (Å²) in [5.74, 6) is 0. The highest BCUT2D eigenvalue weighted by molar-refractivity contribution is 14.1. The van der Waals surface area contributed by atoms with E-state index in [9.17, 15) is 0 Å². The topological polar surface area (TPSA) is 26.0 Å². The van der Waals surface area contributed by atoms with Gasteiger partial charge in [0, 0.05) is 8.04 Å². The Bertz CT molecular complexity index is 624. The van der Waals surface area contributed by atoms with E-state index in [1.807, 2.05) is 0 Å². The molecule has 98 valence electrons. The monoisotopic (exact) mass is 427 g/mol. The fraction of sp³-hybridized carbons (Fsp3) is 0.250. The van der Waals surface area contributed by atoms with Gasteiger partial charge in [0.1, 0.15) is 0 Å². The number of aryl methyl sites for hydroxylation is 2. The Morgan fingerprint density at radius 1 is 1.05 bits per heavy atom. The molecule has 0 saturated carbocycles. The van der Waals surface area contributed by atoms with Gasteiger partial charge in [0.15, 0.2) is 0 Å². The van der Waals surface area contributed by atoms with Crippen molar-refractivity contribution in [3.8, 4) is 0 Å². The van der Waals surface area contributed by atoms with Gasteiger partial charge < -0.3 is 5.73 Å². The summed E-state index contributed by atoms with van der Waals surface area (Å²) < 4.78 is 2.30. The van der Waals surface area contributed by atoms with Crippen molar-refractivity contribution in [2.75, 3.05) is 0 Å². The van der Waals surface area contributed by atoms with E-state index < -0.39 is 0 Å². The summed E-state index contributed by atoms with van der Waals surface area (Å²) in [5, 5.41) is 0. The van der Waals surface area contributed by atoms with E-state index in [-0.39, 0.29) is 6.04 Å². The SMILES string of the molecule is NC(c1ccc2c(c1)CCC2)c1cc(I)ccc1Br. The smallest absolute Gasteiger partial charge is 0.0563 e. The summed E-state index contributed by atoms with van der Waals surface area (Å²) >= 11 is 5.94. The first-order valence-electron chi connectivity index (χ1n) is 6.47. The molecule has 1 nitrogen and oxygen atoms in total. The average molecular weight is 428 g/mol. The van der Waals surface area contributed by atoms with Crippen LogP contribution in [-0.4, -0.2) is 0 Å². The lowest BCUT2D eigenvalue weighted by molar-refractivity contribution is 0.861. The molecule has 0 saturated heterocycles. The van der Waals surface area contributed by atoms with Crippen molar-refractivity contribution in [3.63, 3.8) is 0 Å². The average Bonchev–Trinajstić information content (AvgIpc) is 2.88. The van der Waals surface area contributed by atoms with E-state index in [2.05, 4.69) is 74.9 Å². The van der Waals surface area contributed by atoms with Gasteiger partial charge in [-0.15, -0.1) is 0 Å². The Labute approximate surface area is 135 Å². The van der Waals surface area contributed by atoms with Crippen molar-refractivity contribution in [1.82, 2.24) is 0 Å². The third-order valence-corrected chi connectivity index (χ3v) is 5.17.